The van der Waals surface area contributed by atoms with Gasteiger partial charge in [0.05, 0.1) is 4.90 Å². The molecule has 2 aliphatic rings. The number of anilines is 1. The van der Waals surface area contributed by atoms with Crippen LogP contribution in [0.1, 0.15) is 25.3 Å². The minimum Gasteiger partial charge on any atom is -0.324 e. The van der Waals surface area contributed by atoms with Gasteiger partial charge in [-0.25, -0.2) is 22.0 Å². The molecule has 1 atom stereocenters. The summed E-state index contributed by atoms with van der Waals surface area (Å²) in [7, 11) is -3.70. The Bertz CT molecular complexity index is 1280. The summed E-state index contributed by atoms with van der Waals surface area (Å²) in [6.07, 6.45) is 1.56. The lowest BCUT2D eigenvalue weighted by Gasteiger charge is -2.22. The van der Waals surface area contributed by atoms with Crippen molar-refractivity contribution in [3.8, 4) is 0 Å². The van der Waals surface area contributed by atoms with Crippen LogP contribution >= 0.6 is 0 Å². The number of imide groups is 1. The van der Waals surface area contributed by atoms with Crippen molar-refractivity contribution in [2.75, 3.05) is 25.0 Å². The second kappa shape index (κ2) is 8.76. The lowest BCUT2D eigenvalue weighted by atomic mass is 9.91. The third-order valence-electron chi connectivity index (χ3n) is 5.86. The van der Waals surface area contributed by atoms with Crippen LogP contribution in [0.3, 0.4) is 0 Å². The van der Waals surface area contributed by atoms with Crippen molar-refractivity contribution in [3.05, 3.63) is 59.7 Å². The van der Waals surface area contributed by atoms with E-state index in [9.17, 15) is 31.6 Å². The van der Waals surface area contributed by atoms with Crippen LogP contribution in [0.4, 0.5) is 19.3 Å². The number of carbonyl (C=O) groups is 3. The van der Waals surface area contributed by atoms with Gasteiger partial charge in [-0.3, -0.25) is 14.5 Å². The normalized spacial score (nSPS) is 21.1. The predicted octanol–water partition coefficient (Wildman–Crippen LogP) is 2.16. The fraction of sp³-hybridized carbons (Fsp3) is 0.318. The van der Waals surface area contributed by atoms with Gasteiger partial charge in [0, 0.05) is 24.3 Å². The first-order chi connectivity index (χ1) is 16.0. The molecule has 9 nitrogen and oxygen atoms in total. The Morgan fingerprint density at radius 2 is 1.82 bits per heavy atom. The van der Waals surface area contributed by atoms with Crippen LogP contribution < -0.4 is 10.6 Å². The van der Waals surface area contributed by atoms with E-state index >= 15 is 0 Å². The maximum Gasteiger partial charge on any atom is 0.325 e. The zero-order valence-corrected chi connectivity index (χ0v) is 19.0. The molecule has 4 amide bonds. The number of hydrogen-bond acceptors (Lipinski definition) is 5. The molecule has 0 saturated carbocycles. The van der Waals surface area contributed by atoms with Crippen molar-refractivity contribution in [2.45, 2.75) is 30.2 Å². The molecule has 0 bridgehead atoms. The number of sulfonamides is 1. The monoisotopic (exact) mass is 492 g/mol. The molecule has 180 valence electrons. The number of halogens is 2. The smallest absolute Gasteiger partial charge is 0.324 e. The van der Waals surface area contributed by atoms with Crippen molar-refractivity contribution in [2.24, 2.45) is 0 Å². The summed E-state index contributed by atoms with van der Waals surface area (Å²) in [6, 6.07) is 7.24. The predicted molar refractivity (Wildman–Crippen MR) is 117 cm³/mol. The quantitative estimate of drug-likeness (QED) is 0.600. The summed E-state index contributed by atoms with van der Waals surface area (Å²) in [5.74, 6) is -3.38. The fourth-order valence-electron chi connectivity index (χ4n) is 4.06. The highest BCUT2D eigenvalue weighted by Gasteiger charge is 2.50. The van der Waals surface area contributed by atoms with Crippen molar-refractivity contribution >= 4 is 33.6 Å². The summed E-state index contributed by atoms with van der Waals surface area (Å²) in [5.41, 5.74) is -2.10. The van der Waals surface area contributed by atoms with Gasteiger partial charge in [-0.2, -0.15) is 4.31 Å². The highest BCUT2D eigenvalue weighted by atomic mass is 32.2. The molecule has 0 spiro atoms. The lowest BCUT2D eigenvalue weighted by molar-refractivity contribution is -0.133. The molecule has 2 N–H and O–H groups in total. The standard InChI is InChI=1S/C22H22F2N4O5S/c1-22(17-11-14(23)7-8-18(17)24)20(30)28(21(31)26-22)13-19(29)25-15-5-4-6-16(12-15)34(32,33)27-9-2-3-10-27/h4-8,11-12H,2-3,9-10,13H2,1H3,(H,25,29)(H,26,31). The summed E-state index contributed by atoms with van der Waals surface area (Å²) < 4.78 is 54.8. The Morgan fingerprint density at radius 1 is 1.12 bits per heavy atom. The van der Waals surface area contributed by atoms with E-state index in [1.165, 1.54) is 35.5 Å². The maximum absolute atomic E-state index is 14.3. The van der Waals surface area contributed by atoms with Gasteiger partial charge in [-0.1, -0.05) is 6.07 Å². The van der Waals surface area contributed by atoms with E-state index in [0.717, 1.165) is 31.0 Å². The SMILES string of the molecule is CC1(c2cc(F)ccc2F)NC(=O)N(CC(=O)Nc2cccc(S(=O)(=O)N3CCCC3)c2)C1=O. The van der Waals surface area contributed by atoms with Gasteiger partial charge >= 0.3 is 6.03 Å². The highest BCUT2D eigenvalue weighted by Crippen LogP contribution is 2.31. The van der Waals surface area contributed by atoms with E-state index < -0.39 is 51.6 Å². The number of nitrogens with one attached hydrogen (secondary N) is 2. The van der Waals surface area contributed by atoms with Crippen molar-refractivity contribution in [3.63, 3.8) is 0 Å². The highest BCUT2D eigenvalue weighted by molar-refractivity contribution is 7.89. The van der Waals surface area contributed by atoms with Gasteiger partial charge in [0.2, 0.25) is 15.9 Å². The van der Waals surface area contributed by atoms with Crippen molar-refractivity contribution < 1.29 is 31.6 Å². The largest absolute Gasteiger partial charge is 0.325 e. The molecule has 4 rings (SSSR count). The third kappa shape index (κ3) is 4.26. The Morgan fingerprint density at radius 3 is 2.53 bits per heavy atom. The van der Waals surface area contributed by atoms with Crippen LogP contribution in [0.2, 0.25) is 0 Å². The van der Waals surface area contributed by atoms with Gasteiger partial charge in [-0.15, -0.1) is 0 Å². The molecule has 12 heteroatoms. The van der Waals surface area contributed by atoms with Gasteiger partial charge < -0.3 is 10.6 Å². The molecule has 2 heterocycles. The number of urea groups is 1. The van der Waals surface area contributed by atoms with Crippen LogP contribution in [0.25, 0.3) is 0 Å². The van der Waals surface area contributed by atoms with Crippen LogP contribution in [0, 0.1) is 11.6 Å². The van der Waals surface area contributed by atoms with Crippen molar-refractivity contribution in [1.82, 2.24) is 14.5 Å². The van der Waals surface area contributed by atoms with Gasteiger partial charge in [0.25, 0.3) is 5.91 Å². The maximum atomic E-state index is 14.3. The molecule has 2 aliphatic heterocycles. The summed E-state index contributed by atoms with van der Waals surface area (Å²) >= 11 is 0. The van der Waals surface area contributed by atoms with E-state index in [4.69, 9.17) is 0 Å². The van der Waals surface area contributed by atoms with E-state index in [2.05, 4.69) is 10.6 Å². The summed E-state index contributed by atoms with van der Waals surface area (Å²) in [6.45, 7) is 1.36. The first-order valence-electron chi connectivity index (χ1n) is 10.5. The molecule has 2 aromatic rings. The molecule has 1 unspecified atom stereocenters. The third-order valence-corrected chi connectivity index (χ3v) is 7.76. The molecule has 2 aromatic carbocycles. The van der Waals surface area contributed by atoms with Gasteiger partial charge in [0.1, 0.15) is 23.7 Å². The first-order valence-corrected chi connectivity index (χ1v) is 12.0. The van der Waals surface area contributed by atoms with Crippen LogP contribution in [-0.2, 0) is 25.2 Å². The second-order valence-corrected chi connectivity index (χ2v) is 10.2. The Kier molecular flexibility index (Phi) is 6.13. The Balaban J connectivity index is 1.49. The first kappa shape index (κ1) is 23.8. The summed E-state index contributed by atoms with van der Waals surface area (Å²) in [5, 5.41) is 4.78. The van der Waals surface area contributed by atoms with Crippen LogP contribution in [0.5, 0.6) is 0 Å². The molecule has 0 aliphatic carbocycles. The number of nitrogens with zero attached hydrogens (tertiary/aromatic N) is 2. The Hall–Kier alpha value is -3.38. The molecular weight excluding hydrogens is 470 g/mol. The average Bonchev–Trinajstić information content (AvgIpc) is 3.40. The molecule has 2 fully saturated rings. The zero-order chi connectivity index (χ0) is 24.7. The lowest BCUT2D eigenvalue weighted by Crippen LogP contribution is -2.42. The van der Waals surface area contributed by atoms with Crippen molar-refractivity contribution in [1.29, 1.82) is 0 Å². The van der Waals surface area contributed by atoms with E-state index in [0.29, 0.717) is 18.0 Å². The number of amides is 4. The number of rotatable bonds is 6. The van der Waals surface area contributed by atoms with Gasteiger partial charge in [-0.05, 0) is 56.2 Å². The minimum atomic E-state index is -3.70. The topological polar surface area (TPSA) is 116 Å². The summed E-state index contributed by atoms with van der Waals surface area (Å²) in [4.78, 5) is 38.5. The van der Waals surface area contributed by atoms with Gasteiger partial charge in [0.15, 0.2) is 0 Å². The number of benzene rings is 2. The number of carbonyl (C=O) groups excluding carboxylic acids is 3. The molecular formula is C22H22F2N4O5S. The van der Waals surface area contributed by atoms with E-state index in [-0.39, 0.29) is 16.1 Å². The Labute approximate surface area is 194 Å². The van der Waals surface area contributed by atoms with Crippen LogP contribution in [0.15, 0.2) is 47.4 Å². The average molecular weight is 493 g/mol. The number of hydrogen-bond donors (Lipinski definition) is 2. The fourth-order valence-corrected chi connectivity index (χ4v) is 5.62. The minimum absolute atomic E-state index is 0.0105. The second-order valence-electron chi connectivity index (χ2n) is 8.26. The molecule has 34 heavy (non-hydrogen) atoms. The van der Waals surface area contributed by atoms with E-state index in [1.807, 2.05) is 0 Å². The zero-order valence-electron chi connectivity index (χ0n) is 18.2. The van der Waals surface area contributed by atoms with Crippen LogP contribution in [-0.4, -0.2) is 55.1 Å². The molecule has 2 saturated heterocycles. The van der Waals surface area contributed by atoms with E-state index in [1.54, 1.807) is 0 Å². The molecule has 0 aromatic heterocycles. The molecule has 0 radical (unpaired) electrons.